The molecule has 14 heteroatoms. The summed E-state index contributed by atoms with van der Waals surface area (Å²) in [5.41, 5.74) is 2.38. The quantitative estimate of drug-likeness (QED) is 0.465. The molecular weight excluding hydrogens is 505 g/mol. The Morgan fingerprint density at radius 1 is 1.13 bits per heavy atom. The minimum absolute atomic E-state index is 0.00468. The summed E-state index contributed by atoms with van der Waals surface area (Å²) in [6.07, 6.45) is 0.390. The number of ether oxygens (including phenoxy) is 2. The van der Waals surface area contributed by atoms with Gasteiger partial charge >= 0.3 is 6.18 Å². The van der Waals surface area contributed by atoms with E-state index in [2.05, 4.69) is 25.3 Å². The van der Waals surface area contributed by atoms with Crippen molar-refractivity contribution in [2.24, 2.45) is 0 Å². The van der Waals surface area contributed by atoms with Crippen LogP contribution in [0.15, 0.2) is 30.7 Å². The Hall–Kier alpha value is -4.07. The van der Waals surface area contributed by atoms with Crippen LogP contribution in [0.25, 0.3) is 0 Å². The van der Waals surface area contributed by atoms with Gasteiger partial charge in [-0.05, 0) is 25.3 Å². The van der Waals surface area contributed by atoms with Crippen LogP contribution in [-0.4, -0.2) is 63.7 Å². The van der Waals surface area contributed by atoms with Gasteiger partial charge in [0.15, 0.2) is 11.6 Å². The molecule has 38 heavy (non-hydrogen) atoms. The SMILES string of the molecule is CCOCC1C(=O)N2CCCc3nc(NCc4ccc(Oc5cnc(C(F)(F)F)nc5)nc4)nc(c32)N1C. The summed E-state index contributed by atoms with van der Waals surface area (Å²) >= 11 is 0. The number of aryl methyl sites for hydroxylation is 1. The molecule has 0 saturated heterocycles. The van der Waals surface area contributed by atoms with Crippen molar-refractivity contribution in [2.45, 2.75) is 38.5 Å². The van der Waals surface area contributed by atoms with Crippen LogP contribution >= 0.6 is 0 Å². The van der Waals surface area contributed by atoms with E-state index in [1.54, 1.807) is 23.2 Å². The zero-order valence-electron chi connectivity index (χ0n) is 20.7. The lowest BCUT2D eigenvalue weighted by Crippen LogP contribution is -2.56. The maximum Gasteiger partial charge on any atom is 0.451 e. The second-order valence-corrected chi connectivity index (χ2v) is 8.75. The molecule has 3 aromatic rings. The second-order valence-electron chi connectivity index (χ2n) is 8.75. The van der Waals surface area contributed by atoms with Gasteiger partial charge in [0.1, 0.15) is 11.7 Å². The highest BCUT2D eigenvalue weighted by Crippen LogP contribution is 2.40. The molecular formula is C24H25F3N8O3. The molecule has 3 aromatic heterocycles. The number of pyridine rings is 1. The number of carbonyl (C=O) groups is 1. The molecule has 1 unspecified atom stereocenters. The molecule has 0 bridgehead atoms. The van der Waals surface area contributed by atoms with Crippen molar-refractivity contribution >= 4 is 23.4 Å². The molecule has 2 aliphatic heterocycles. The summed E-state index contributed by atoms with van der Waals surface area (Å²) in [4.78, 5) is 36.8. The highest BCUT2D eigenvalue weighted by atomic mass is 19.4. The Labute approximate surface area is 216 Å². The number of anilines is 3. The number of hydrogen-bond donors (Lipinski definition) is 1. The molecule has 200 valence electrons. The fourth-order valence-corrected chi connectivity index (χ4v) is 4.30. The summed E-state index contributed by atoms with van der Waals surface area (Å²) in [5.74, 6) is 0.0785. The van der Waals surface area contributed by atoms with Crippen LogP contribution in [0.5, 0.6) is 11.6 Å². The van der Waals surface area contributed by atoms with Gasteiger partial charge in [0, 0.05) is 39.0 Å². The second kappa shape index (κ2) is 10.4. The third kappa shape index (κ3) is 5.16. The van der Waals surface area contributed by atoms with Crippen LogP contribution < -0.4 is 19.9 Å². The van der Waals surface area contributed by atoms with E-state index in [9.17, 15) is 18.0 Å². The molecule has 0 aliphatic carbocycles. The van der Waals surface area contributed by atoms with Crippen LogP contribution in [0.4, 0.5) is 30.6 Å². The van der Waals surface area contributed by atoms with Crippen LogP contribution in [0.1, 0.15) is 30.4 Å². The van der Waals surface area contributed by atoms with E-state index in [0.717, 1.165) is 42.2 Å². The first-order chi connectivity index (χ1) is 18.2. The lowest BCUT2D eigenvalue weighted by molar-refractivity contribution is -0.145. The highest BCUT2D eigenvalue weighted by molar-refractivity contribution is 6.05. The molecule has 5 rings (SSSR count). The van der Waals surface area contributed by atoms with Crippen LogP contribution in [0, 0.1) is 0 Å². The highest BCUT2D eigenvalue weighted by Gasteiger charge is 2.41. The van der Waals surface area contributed by atoms with E-state index in [4.69, 9.17) is 14.5 Å². The van der Waals surface area contributed by atoms with Gasteiger partial charge in [-0.15, -0.1) is 0 Å². The van der Waals surface area contributed by atoms with Crippen molar-refractivity contribution in [2.75, 3.05) is 41.9 Å². The number of carbonyl (C=O) groups excluding carboxylic acids is 1. The van der Waals surface area contributed by atoms with Gasteiger partial charge in [-0.2, -0.15) is 18.2 Å². The first-order valence-corrected chi connectivity index (χ1v) is 12.0. The number of halogens is 3. The summed E-state index contributed by atoms with van der Waals surface area (Å²) in [5, 5.41) is 3.21. The Balaban J connectivity index is 1.27. The van der Waals surface area contributed by atoms with Crippen molar-refractivity contribution in [3.63, 3.8) is 0 Å². The number of aromatic nitrogens is 5. The largest absolute Gasteiger partial charge is 0.451 e. The van der Waals surface area contributed by atoms with Crippen LogP contribution in [-0.2, 0) is 28.7 Å². The predicted molar refractivity (Wildman–Crippen MR) is 130 cm³/mol. The van der Waals surface area contributed by atoms with E-state index < -0.39 is 18.0 Å². The predicted octanol–water partition coefficient (Wildman–Crippen LogP) is 3.22. The monoisotopic (exact) mass is 530 g/mol. The average molecular weight is 531 g/mol. The zero-order valence-corrected chi connectivity index (χ0v) is 20.7. The Bertz CT molecular complexity index is 1310. The molecule has 1 amide bonds. The summed E-state index contributed by atoms with van der Waals surface area (Å²) in [7, 11) is 1.84. The minimum Gasteiger partial charge on any atom is -0.436 e. The molecule has 0 spiro atoms. The molecule has 11 nitrogen and oxygen atoms in total. The molecule has 5 heterocycles. The number of nitrogens with zero attached hydrogens (tertiary/aromatic N) is 7. The van der Waals surface area contributed by atoms with Gasteiger partial charge in [0.2, 0.25) is 17.7 Å². The zero-order chi connectivity index (χ0) is 26.9. The fraction of sp³-hybridized carbons (Fsp3) is 0.417. The number of nitrogens with one attached hydrogen (secondary N) is 1. The topological polar surface area (TPSA) is 118 Å². The molecule has 0 fully saturated rings. The van der Waals surface area contributed by atoms with Gasteiger partial charge < -0.3 is 24.6 Å². The van der Waals surface area contributed by atoms with Crippen LogP contribution in [0.3, 0.4) is 0 Å². The van der Waals surface area contributed by atoms with Gasteiger partial charge in [-0.1, -0.05) is 6.07 Å². The average Bonchev–Trinajstić information content (AvgIpc) is 2.91. The first kappa shape index (κ1) is 25.6. The Morgan fingerprint density at radius 2 is 1.92 bits per heavy atom. The van der Waals surface area contributed by atoms with Crippen molar-refractivity contribution < 1.29 is 27.4 Å². The maximum atomic E-state index is 13.1. The minimum atomic E-state index is -4.62. The lowest BCUT2D eigenvalue weighted by Gasteiger charge is -2.42. The standard InChI is InChI=1S/C24H25F3N8O3/c1-3-37-13-17-21(36)35-8-4-5-16-19(35)20(34(17)2)33-23(32-16)31-10-14-6-7-18(28-9-14)38-15-11-29-22(30-12-15)24(25,26)27/h6-7,9,11-12,17H,3-5,8,10,13H2,1-2H3,(H,31,32,33). The van der Waals surface area contributed by atoms with Crippen molar-refractivity contribution in [1.82, 2.24) is 24.9 Å². The normalized spacial score (nSPS) is 16.9. The number of alkyl halides is 3. The number of likely N-dealkylation sites (N-methyl/N-ethyl adjacent to an activating group) is 1. The van der Waals surface area contributed by atoms with Crippen molar-refractivity contribution in [1.29, 1.82) is 0 Å². The number of amides is 1. The lowest BCUT2D eigenvalue weighted by atomic mass is 10.0. The fourth-order valence-electron chi connectivity index (χ4n) is 4.30. The maximum absolute atomic E-state index is 13.1. The molecule has 0 saturated carbocycles. The van der Waals surface area contributed by atoms with E-state index in [-0.39, 0.29) is 24.1 Å². The van der Waals surface area contributed by atoms with E-state index in [0.29, 0.717) is 31.5 Å². The summed E-state index contributed by atoms with van der Waals surface area (Å²) in [6.45, 7) is 3.68. The first-order valence-electron chi connectivity index (χ1n) is 12.0. The smallest absolute Gasteiger partial charge is 0.436 e. The summed E-state index contributed by atoms with van der Waals surface area (Å²) in [6, 6.07) is 2.89. The summed E-state index contributed by atoms with van der Waals surface area (Å²) < 4.78 is 48.8. The third-order valence-electron chi connectivity index (χ3n) is 6.19. The van der Waals surface area contributed by atoms with E-state index in [1.165, 1.54) is 0 Å². The van der Waals surface area contributed by atoms with E-state index in [1.807, 2.05) is 18.9 Å². The Kier molecular flexibility index (Phi) is 6.97. The van der Waals surface area contributed by atoms with Gasteiger partial charge in [0.25, 0.3) is 5.91 Å². The van der Waals surface area contributed by atoms with Gasteiger partial charge in [-0.3, -0.25) is 4.79 Å². The molecule has 1 N–H and O–H groups in total. The van der Waals surface area contributed by atoms with Crippen LogP contribution in [0.2, 0.25) is 0 Å². The van der Waals surface area contributed by atoms with Crippen molar-refractivity contribution in [3.8, 4) is 11.6 Å². The van der Waals surface area contributed by atoms with Crippen molar-refractivity contribution in [3.05, 3.63) is 47.8 Å². The molecule has 0 radical (unpaired) electrons. The molecule has 2 aliphatic rings. The number of rotatable bonds is 8. The van der Waals surface area contributed by atoms with Gasteiger partial charge in [0.05, 0.1) is 24.7 Å². The molecule has 0 aromatic carbocycles. The third-order valence-corrected chi connectivity index (χ3v) is 6.19. The Morgan fingerprint density at radius 3 is 2.61 bits per heavy atom. The number of hydrogen-bond acceptors (Lipinski definition) is 10. The van der Waals surface area contributed by atoms with E-state index >= 15 is 0 Å². The molecule has 1 atom stereocenters. The van der Waals surface area contributed by atoms with Gasteiger partial charge in [-0.25, -0.2) is 19.9 Å².